The summed E-state index contributed by atoms with van der Waals surface area (Å²) < 4.78 is 0. The van der Waals surface area contributed by atoms with Crippen molar-refractivity contribution in [2.24, 2.45) is 0 Å². The minimum atomic E-state index is 1.05. The number of aryl methyl sites for hydroxylation is 3. The van der Waals surface area contributed by atoms with Gasteiger partial charge in [0.1, 0.15) is 0 Å². The SMILES string of the molecule is CCCCCCCCCCCc1cnc(C)c(C)n1. The van der Waals surface area contributed by atoms with Gasteiger partial charge in [-0.05, 0) is 26.7 Å². The zero-order chi connectivity index (χ0) is 13.9. The van der Waals surface area contributed by atoms with Crippen molar-refractivity contribution in [3.63, 3.8) is 0 Å². The molecule has 0 aliphatic carbocycles. The second-order valence-corrected chi connectivity index (χ2v) is 5.61. The smallest absolute Gasteiger partial charge is 0.0590 e. The molecule has 0 N–H and O–H groups in total. The van der Waals surface area contributed by atoms with Gasteiger partial charge in [0.05, 0.1) is 17.1 Å². The van der Waals surface area contributed by atoms with Gasteiger partial charge in [-0.15, -0.1) is 0 Å². The van der Waals surface area contributed by atoms with Crippen LogP contribution in [0.15, 0.2) is 6.20 Å². The Morgan fingerprint density at radius 1 is 0.789 bits per heavy atom. The van der Waals surface area contributed by atoms with Crippen LogP contribution in [-0.4, -0.2) is 9.97 Å². The molecule has 0 radical (unpaired) electrons. The molecule has 0 aliphatic heterocycles. The van der Waals surface area contributed by atoms with Crippen molar-refractivity contribution in [1.82, 2.24) is 9.97 Å². The molecule has 0 spiro atoms. The largest absolute Gasteiger partial charge is 0.258 e. The Hall–Kier alpha value is -0.920. The molecule has 1 rings (SSSR count). The van der Waals surface area contributed by atoms with Crippen LogP contribution in [0.4, 0.5) is 0 Å². The molecule has 0 saturated heterocycles. The van der Waals surface area contributed by atoms with Crippen molar-refractivity contribution in [2.75, 3.05) is 0 Å². The van der Waals surface area contributed by atoms with Gasteiger partial charge in [-0.25, -0.2) is 0 Å². The zero-order valence-corrected chi connectivity index (χ0v) is 13.0. The molecule has 2 heteroatoms. The number of hydrogen-bond acceptors (Lipinski definition) is 2. The molecule has 1 heterocycles. The number of rotatable bonds is 10. The van der Waals surface area contributed by atoms with Crippen molar-refractivity contribution in [3.8, 4) is 0 Å². The van der Waals surface area contributed by atoms with E-state index in [9.17, 15) is 0 Å². The molecule has 108 valence electrons. The van der Waals surface area contributed by atoms with Crippen molar-refractivity contribution in [1.29, 1.82) is 0 Å². The first-order valence-electron chi connectivity index (χ1n) is 8.03. The Bertz CT molecular complexity index is 347. The molecule has 19 heavy (non-hydrogen) atoms. The van der Waals surface area contributed by atoms with Crippen LogP contribution >= 0.6 is 0 Å². The standard InChI is InChI=1S/C17H30N2/c1-4-5-6-7-8-9-10-11-12-13-17-14-18-15(2)16(3)19-17/h14H,4-13H2,1-3H3. The second-order valence-electron chi connectivity index (χ2n) is 5.61. The maximum absolute atomic E-state index is 4.58. The molecular formula is C17H30N2. The van der Waals surface area contributed by atoms with E-state index in [1.54, 1.807) is 0 Å². The Labute approximate surface area is 119 Å². The lowest BCUT2D eigenvalue weighted by Gasteiger charge is -2.04. The first-order valence-corrected chi connectivity index (χ1v) is 8.03. The van der Waals surface area contributed by atoms with E-state index in [-0.39, 0.29) is 0 Å². The predicted molar refractivity (Wildman–Crippen MR) is 82.4 cm³/mol. The summed E-state index contributed by atoms with van der Waals surface area (Å²) >= 11 is 0. The molecular weight excluding hydrogens is 232 g/mol. The van der Waals surface area contributed by atoms with E-state index < -0.39 is 0 Å². The molecule has 0 saturated carbocycles. The Balaban J connectivity index is 2.00. The van der Waals surface area contributed by atoms with Gasteiger partial charge in [-0.1, -0.05) is 58.3 Å². The van der Waals surface area contributed by atoms with Crippen LogP contribution in [0, 0.1) is 13.8 Å². The van der Waals surface area contributed by atoms with E-state index in [1.165, 1.54) is 57.8 Å². The number of nitrogens with zero attached hydrogens (tertiary/aromatic N) is 2. The summed E-state index contributed by atoms with van der Waals surface area (Å²) in [5.74, 6) is 0. The highest BCUT2D eigenvalue weighted by atomic mass is 14.8. The molecule has 0 unspecified atom stereocenters. The first-order chi connectivity index (χ1) is 9.24. The Morgan fingerprint density at radius 2 is 1.37 bits per heavy atom. The monoisotopic (exact) mass is 262 g/mol. The van der Waals surface area contributed by atoms with Crippen LogP contribution < -0.4 is 0 Å². The van der Waals surface area contributed by atoms with Crippen LogP contribution in [0.2, 0.25) is 0 Å². The fourth-order valence-corrected chi connectivity index (χ4v) is 2.33. The van der Waals surface area contributed by atoms with Crippen LogP contribution in [0.5, 0.6) is 0 Å². The highest BCUT2D eigenvalue weighted by molar-refractivity contribution is 5.10. The summed E-state index contributed by atoms with van der Waals surface area (Å²) in [6.45, 7) is 6.34. The van der Waals surface area contributed by atoms with Gasteiger partial charge in [-0.2, -0.15) is 0 Å². The molecule has 1 aromatic heterocycles. The van der Waals surface area contributed by atoms with Crippen LogP contribution in [0.3, 0.4) is 0 Å². The maximum Gasteiger partial charge on any atom is 0.0590 e. The highest BCUT2D eigenvalue weighted by Crippen LogP contribution is 2.11. The van der Waals surface area contributed by atoms with Crippen molar-refractivity contribution in [3.05, 3.63) is 23.3 Å². The van der Waals surface area contributed by atoms with Gasteiger partial charge in [0.15, 0.2) is 0 Å². The topological polar surface area (TPSA) is 25.8 Å². The summed E-state index contributed by atoms with van der Waals surface area (Å²) in [5.41, 5.74) is 3.29. The molecule has 0 aromatic carbocycles. The predicted octanol–water partition coefficient (Wildman–Crippen LogP) is 5.17. The van der Waals surface area contributed by atoms with E-state index >= 15 is 0 Å². The van der Waals surface area contributed by atoms with Crippen LogP contribution in [0.1, 0.15) is 81.8 Å². The maximum atomic E-state index is 4.58. The summed E-state index contributed by atoms with van der Waals surface area (Å²) in [5, 5.41) is 0. The van der Waals surface area contributed by atoms with Gasteiger partial charge < -0.3 is 0 Å². The number of unbranched alkanes of at least 4 members (excludes halogenated alkanes) is 8. The fraction of sp³-hybridized carbons (Fsp3) is 0.765. The van der Waals surface area contributed by atoms with Gasteiger partial charge in [0.25, 0.3) is 0 Å². The molecule has 0 amide bonds. The van der Waals surface area contributed by atoms with Crippen LogP contribution in [0.25, 0.3) is 0 Å². The van der Waals surface area contributed by atoms with Gasteiger partial charge in [0, 0.05) is 6.20 Å². The quantitative estimate of drug-likeness (QED) is 0.544. The fourth-order valence-electron chi connectivity index (χ4n) is 2.33. The minimum absolute atomic E-state index is 1.05. The van der Waals surface area contributed by atoms with Crippen LogP contribution in [-0.2, 0) is 6.42 Å². The van der Waals surface area contributed by atoms with Crippen molar-refractivity contribution in [2.45, 2.75) is 85.0 Å². The average molecular weight is 262 g/mol. The van der Waals surface area contributed by atoms with Gasteiger partial charge in [0.2, 0.25) is 0 Å². The molecule has 0 bridgehead atoms. The lowest BCUT2D eigenvalue weighted by Crippen LogP contribution is -1.97. The molecule has 2 nitrogen and oxygen atoms in total. The van der Waals surface area contributed by atoms with E-state index in [4.69, 9.17) is 0 Å². The minimum Gasteiger partial charge on any atom is -0.258 e. The van der Waals surface area contributed by atoms with Gasteiger partial charge in [-0.3, -0.25) is 9.97 Å². The van der Waals surface area contributed by atoms with E-state index in [0.29, 0.717) is 0 Å². The molecule has 0 atom stereocenters. The van der Waals surface area contributed by atoms with Crippen molar-refractivity contribution >= 4 is 0 Å². The lowest BCUT2D eigenvalue weighted by molar-refractivity contribution is 0.563. The normalized spacial score (nSPS) is 10.9. The Kier molecular flexibility index (Phi) is 8.44. The van der Waals surface area contributed by atoms with E-state index in [2.05, 4.69) is 16.9 Å². The van der Waals surface area contributed by atoms with E-state index in [1.807, 2.05) is 20.0 Å². The summed E-state index contributed by atoms with van der Waals surface area (Å²) in [7, 11) is 0. The first kappa shape index (κ1) is 16.1. The summed E-state index contributed by atoms with van der Waals surface area (Å²) in [4.78, 5) is 8.95. The third kappa shape index (κ3) is 7.29. The third-order valence-electron chi connectivity index (χ3n) is 3.78. The van der Waals surface area contributed by atoms with Crippen molar-refractivity contribution < 1.29 is 0 Å². The second kappa shape index (κ2) is 9.94. The summed E-state index contributed by atoms with van der Waals surface area (Å²) in [6, 6.07) is 0. The lowest BCUT2D eigenvalue weighted by atomic mass is 10.1. The highest BCUT2D eigenvalue weighted by Gasteiger charge is 1.99. The summed E-state index contributed by atoms with van der Waals surface area (Å²) in [6.07, 6.45) is 15.4. The molecule has 0 fully saturated rings. The number of hydrogen-bond donors (Lipinski definition) is 0. The molecule has 1 aromatic rings. The van der Waals surface area contributed by atoms with Gasteiger partial charge >= 0.3 is 0 Å². The zero-order valence-electron chi connectivity index (χ0n) is 13.0. The third-order valence-corrected chi connectivity index (χ3v) is 3.78. The van der Waals surface area contributed by atoms with E-state index in [0.717, 1.165) is 23.5 Å². The average Bonchev–Trinajstić information content (AvgIpc) is 2.41. The molecule has 0 aliphatic rings. The number of aromatic nitrogens is 2. The Morgan fingerprint density at radius 3 is 1.95 bits per heavy atom.